The maximum Gasteiger partial charge on any atom is 0.407 e. The van der Waals surface area contributed by atoms with Crippen molar-refractivity contribution in [2.75, 3.05) is 13.2 Å². The average molecular weight is 340 g/mol. The van der Waals surface area contributed by atoms with Crippen LogP contribution in [0.25, 0.3) is 0 Å². The van der Waals surface area contributed by atoms with E-state index in [0.717, 1.165) is 23.3 Å². The molecule has 1 amide bonds. The molecule has 0 fully saturated rings. The Kier molecular flexibility index (Phi) is 5.56. The standard InChI is InChI=1S/C20H24N2O3/c1-2-24-20(23)22-18-13-25-19-9-8-15(12-21)11-17(19)16(18)10-14-6-4-3-5-7-14/h3-9,11,16,18H,2,10,12-13,21H2,1H3,(H,22,23). The molecule has 2 atom stereocenters. The molecule has 5 heteroatoms. The van der Waals surface area contributed by atoms with Gasteiger partial charge in [0, 0.05) is 18.0 Å². The van der Waals surface area contributed by atoms with Crippen molar-refractivity contribution in [1.82, 2.24) is 5.32 Å². The summed E-state index contributed by atoms with van der Waals surface area (Å²) in [5.74, 6) is 0.960. The van der Waals surface area contributed by atoms with Gasteiger partial charge in [0.25, 0.3) is 0 Å². The van der Waals surface area contributed by atoms with Gasteiger partial charge in [0.15, 0.2) is 0 Å². The van der Waals surface area contributed by atoms with E-state index >= 15 is 0 Å². The number of benzene rings is 2. The SMILES string of the molecule is CCOC(=O)NC1COc2ccc(CN)cc2C1Cc1ccccc1. The minimum absolute atomic E-state index is 0.0991. The molecule has 0 saturated carbocycles. The Morgan fingerprint density at radius 2 is 2.04 bits per heavy atom. The molecule has 2 unspecified atom stereocenters. The second-order valence-electron chi connectivity index (χ2n) is 6.15. The molecule has 2 aromatic carbocycles. The van der Waals surface area contributed by atoms with Gasteiger partial charge >= 0.3 is 6.09 Å². The Hall–Kier alpha value is -2.53. The molecule has 132 valence electrons. The predicted octanol–water partition coefficient (Wildman–Crippen LogP) is 2.98. The molecule has 1 heterocycles. The number of carbonyl (C=O) groups excluding carboxylic acids is 1. The number of hydrogen-bond donors (Lipinski definition) is 2. The summed E-state index contributed by atoms with van der Waals surface area (Å²) < 4.78 is 10.9. The summed E-state index contributed by atoms with van der Waals surface area (Å²) in [5.41, 5.74) is 9.16. The number of alkyl carbamates (subject to hydrolysis) is 1. The normalized spacial score (nSPS) is 18.8. The lowest BCUT2D eigenvalue weighted by Gasteiger charge is -2.34. The fourth-order valence-electron chi connectivity index (χ4n) is 3.25. The number of amides is 1. The van der Waals surface area contributed by atoms with Crippen molar-refractivity contribution in [1.29, 1.82) is 0 Å². The van der Waals surface area contributed by atoms with Gasteiger partial charge in [-0.15, -0.1) is 0 Å². The fraction of sp³-hybridized carbons (Fsp3) is 0.350. The van der Waals surface area contributed by atoms with Crippen molar-refractivity contribution in [3.63, 3.8) is 0 Å². The Morgan fingerprint density at radius 1 is 1.24 bits per heavy atom. The lowest BCUT2D eigenvalue weighted by Crippen LogP contribution is -2.46. The molecule has 0 aromatic heterocycles. The molecule has 25 heavy (non-hydrogen) atoms. The molecule has 5 nitrogen and oxygen atoms in total. The largest absolute Gasteiger partial charge is 0.491 e. The van der Waals surface area contributed by atoms with Crippen molar-refractivity contribution in [3.05, 3.63) is 65.2 Å². The monoisotopic (exact) mass is 340 g/mol. The van der Waals surface area contributed by atoms with E-state index in [4.69, 9.17) is 15.2 Å². The number of hydrogen-bond acceptors (Lipinski definition) is 4. The Morgan fingerprint density at radius 3 is 2.76 bits per heavy atom. The van der Waals surface area contributed by atoms with E-state index in [0.29, 0.717) is 19.8 Å². The predicted molar refractivity (Wildman–Crippen MR) is 96.7 cm³/mol. The van der Waals surface area contributed by atoms with Crippen LogP contribution < -0.4 is 15.8 Å². The lowest BCUT2D eigenvalue weighted by molar-refractivity contribution is 0.135. The van der Waals surface area contributed by atoms with Gasteiger partial charge in [-0.3, -0.25) is 0 Å². The summed E-state index contributed by atoms with van der Waals surface area (Å²) in [6, 6.07) is 16.1. The number of ether oxygens (including phenoxy) is 2. The van der Waals surface area contributed by atoms with Crippen molar-refractivity contribution >= 4 is 6.09 Å². The van der Waals surface area contributed by atoms with Gasteiger partial charge in [-0.25, -0.2) is 4.79 Å². The fourth-order valence-corrected chi connectivity index (χ4v) is 3.25. The van der Waals surface area contributed by atoms with Gasteiger partial charge in [0.05, 0.1) is 12.6 Å². The van der Waals surface area contributed by atoms with Crippen molar-refractivity contribution < 1.29 is 14.3 Å². The zero-order valence-corrected chi connectivity index (χ0v) is 14.4. The van der Waals surface area contributed by atoms with E-state index in [9.17, 15) is 4.79 Å². The first kappa shape index (κ1) is 17.3. The highest BCUT2D eigenvalue weighted by Crippen LogP contribution is 2.36. The van der Waals surface area contributed by atoms with Crippen LogP contribution in [0.4, 0.5) is 4.79 Å². The molecule has 3 N–H and O–H groups in total. The van der Waals surface area contributed by atoms with Crippen LogP contribution in [0.2, 0.25) is 0 Å². The maximum absolute atomic E-state index is 11.9. The smallest absolute Gasteiger partial charge is 0.407 e. The summed E-state index contributed by atoms with van der Waals surface area (Å²) in [6.07, 6.45) is 0.398. The highest BCUT2D eigenvalue weighted by atomic mass is 16.5. The third-order valence-electron chi connectivity index (χ3n) is 4.49. The average Bonchev–Trinajstić information content (AvgIpc) is 2.64. The van der Waals surface area contributed by atoms with Crippen LogP contribution in [0.1, 0.15) is 29.5 Å². The minimum Gasteiger partial charge on any atom is -0.491 e. The van der Waals surface area contributed by atoms with E-state index in [1.54, 1.807) is 6.92 Å². The zero-order valence-electron chi connectivity index (χ0n) is 14.4. The van der Waals surface area contributed by atoms with Crippen molar-refractivity contribution in [2.45, 2.75) is 31.8 Å². The van der Waals surface area contributed by atoms with E-state index < -0.39 is 6.09 Å². The van der Waals surface area contributed by atoms with Gasteiger partial charge in [0.2, 0.25) is 0 Å². The van der Waals surface area contributed by atoms with Crippen LogP contribution in [-0.4, -0.2) is 25.3 Å². The molecule has 0 spiro atoms. The van der Waals surface area contributed by atoms with Crippen molar-refractivity contribution in [2.24, 2.45) is 5.73 Å². The molecule has 2 aromatic rings. The highest BCUT2D eigenvalue weighted by Gasteiger charge is 2.32. The van der Waals surface area contributed by atoms with E-state index in [1.165, 1.54) is 5.56 Å². The summed E-state index contributed by atoms with van der Waals surface area (Å²) in [7, 11) is 0. The first-order valence-electron chi connectivity index (χ1n) is 8.64. The molecule has 0 saturated heterocycles. The van der Waals surface area contributed by atoms with Crippen LogP contribution in [-0.2, 0) is 17.7 Å². The van der Waals surface area contributed by atoms with Crippen LogP contribution in [0, 0.1) is 0 Å². The summed E-state index contributed by atoms with van der Waals surface area (Å²) in [4.78, 5) is 11.9. The molecular weight excluding hydrogens is 316 g/mol. The molecule has 1 aliphatic rings. The van der Waals surface area contributed by atoms with Gasteiger partial charge in [-0.1, -0.05) is 42.5 Å². The van der Waals surface area contributed by atoms with Crippen molar-refractivity contribution in [3.8, 4) is 5.75 Å². The summed E-state index contributed by atoms with van der Waals surface area (Å²) in [6.45, 7) is 3.03. The van der Waals surface area contributed by atoms with E-state index in [-0.39, 0.29) is 12.0 Å². The summed E-state index contributed by atoms with van der Waals surface area (Å²) in [5, 5.41) is 2.95. The number of rotatable bonds is 5. The van der Waals surface area contributed by atoms with Gasteiger partial charge in [-0.2, -0.15) is 0 Å². The molecule has 1 aliphatic heterocycles. The van der Waals surface area contributed by atoms with Gasteiger partial charge in [-0.05, 0) is 30.5 Å². The number of nitrogens with one attached hydrogen (secondary N) is 1. The Bertz CT molecular complexity index is 718. The summed E-state index contributed by atoms with van der Waals surface area (Å²) >= 11 is 0. The maximum atomic E-state index is 11.9. The zero-order chi connectivity index (χ0) is 17.6. The van der Waals surface area contributed by atoms with Gasteiger partial charge in [0.1, 0.15) is 12.4 Å². The highest BCUT2D eigenvalue weighted by molar-refractivity contribution is 5.68. The number of fused-ring (bicyclic) bond motifs is 1. The van der Waals surface area contributed by atoms with Gasteiger partial charge < -0.3 is 20.5 Å². The molecular formula is C20H24N2O3. The first-order chi connectivity index (χ1) is 12.2. The quantitative estimate of drug-likeness (QED) is 0.877. The third-order valence-corrected chi connectivity index (χ3v) is 4.49. The molecule has 0 radical (unpaired) electrons. The third kappa shape index (κ3) is 4.12. The molecule has 0 aliphatic carbocycles. The van der Waals surface area contributed by atoms with Crippen LogP contribution in [0.5, 0.6) is 5.75 Å². The van der Waals surface area contributed by atoms with E-state index in [1.807, 2.05) is 30.3 Å². The lowest BCUT2D eigenvalue weighted by atomic mass is 9.83. The molecule has 3 rings (SSSR count). The number of nitrogens with two attached hydrogens (primary N) is 1. The minimum atomic E-state index is -0.410. The van der Waals surface area contributed by atoms with Crippen LogP contribution in [0.15, 0.2) is 48.5 Å². The number of carbonyl (C=O) groups is 1. The van der Waals surface area contributed by atoms with E-state index in [2.05, 4.69) is 23.5 Å². The van der Waals surface area contributed by atoms with Crippen LogP contribution in [0.3, 0.4) is 0 Å². The first-order valence-corrected chi connectivity index (χ1v) is 8.64. The second-order valence-corrected chi connectivity index (χ2v) is 6.15. The van der Waals surface area contributed by atoms with Crippen LogP contribution >= 0.6 is 0 Å². The second kappa shape index (κ2) is 8.03. The topological polar surface area (TPSA) is 73.6 Å². The Labute approximate surface area is 148 Å². The Balaban J connectivity index is 1.91. The molecule has 0 bridgehead atoms.